The minimum absolute atomic E-state index is 0.170. The molecule has 2 N–H and O–H groups in total. The Morgan fingerprint density at radius 1 is 1.26 bits per heavy atom. The number of benzene rings is 1. The van der Waals surface area contributed by atoms with Crippen LogP contribution in [0.25, 0.3) is 0 Å². The number of aryl methyl sites for hydroxylation is 1. The largest absolute Gasteiger partial charge is 0.378 e. The van der Waals surface area contributed by atoms with Crippen LogP contribution in [0, 0.1) is 6.92 Å². The summed E-state index contributed by atoms with van der Waals surface area (Å²) in [7, 11) is 0. The Kier molecular flexibility index (Phi) is 6.73. The average Bonchev–Trinajstić information content (AvgIpc) is 3.21. The van der Waals surface area contributed by atoms with Gasteiger partial charge in [0, 0.05) is 48.3 Å². The normalized spacial score (nSPS) is 13.9. The molecule has 162 valence electrons. The lowest BCUT2D eigenvalue weighted by Crippen LogP contribution is -2.38. The summed E-state index contributed by atoms with van der Waals surface area (Å²) in [5.74, 6) is 0.393. The van der Waals surface area contributed by atoms with Crippen LogP contribution in [0.1, 0.15) is 28.1 Å². The number of carbonyl (C=O) groups is 1. The van der Waals surface area contributed by atoms with E-state index in [0.29, 0.717) is 55.1 Å². The molecule has 0 bridgehead atoms. The van der Waals surface area contributed by atoms with Crippen LogP contribution in [0.4, 0.5) is 11.1 Å². The van der Waals surface area contributed by atoms with Gasteiger partial charge in [-0.2, -0.15) is 0 Å². The number of nitrogens with one attached hydrogen (secondary N) is 2. The Bertz CT molecular complexity index is 1090. The molecule has 1 amide bonds. The zero-order chi connectivity index (χ0) is 21.6. The number of H-pyrrole nitrogens is 1. The molecule has 4 rings (SSSR count). The molecule has 2 aromatic heterocycles. The molecular formula is C22H25N5O3S. The molecule has 3 aromatic rings. The predicted octanol–water partition coefficient (Wildman–Crippen LogP) is 2.53. The summed E-state index contributed by atoms with van der Waals surface area (Å²) in [6.45, 7) is 4.44. The van der Waals surface area contributed by atoms with E-state index in [9.17, 15) is 9.59 Å². The number of thiazole rings is 1. The van der Waals surface area contributed by atoms with Crippen molar-refractivity contribution in [3.63, 3.8) is 0 Å². The molecule has 0 spiro atoms. The van der Waals surface area contributed by atoms with E-state index in [4.69, 9.17) is 4.74 Å². The van der Waals surface area contributed by atoms with Crippen molar-refractivity contribution in [2.24, 2.45) is 0 Å². The molecule has 8 nitrogen and oxygen atoms in total. The first kappa shape index (κ1) is 21.2. The number of rotatable bonds is 7. The highest BCUT2D eigenvalue weighted by molar-refractivity contribution is 7.15. The molecule has 0 unspecified atom stereocenters. The number of carbonyl (C=O) groups excluding carboxylic acids is 1. The van der Waals surface area contributed by atoms with Crippen molar-refractivity contribution in [3.05, 3.63) is 68.6 Å². The van der Waals surface area contributed by atoms with Gasteiger partial charge < -0.3 is 15.0 Å². The van der Waals surface area contributed by atoms with Crippen LogP contribution in [-0.4, -0.2) is 47.2 Å². The van der Waals surface area contributed by atoms with E-state index in [1.165, 1.54) is 16.9 Å². The first-order valence-electron chi connectivity index (χ1n) is 10.3. The maximum atomic E-state index is 12.6. The first-order valence-corrected chi connectivity index (χ1v) is 11.1. The third-order valence-corrected chi connectivity index (χ3v) is 6.06. The van der Waals surface area contributed by atoms with Crippen molar-refractivity contribution >= 4 is 28.3 Å². The summed E-state index contributed by atoms with van der Waals surface area (Å²) in [5.41, 5.74) is 2.20. The molecule has 1 aliphatic rings. The number of nitrogens with zero attached hydrogens (tertiary/aromatic N) is 3. The zero-order valence-corrected chi connectivity index (χ0v) is 18.2. The van der Waals surface area contributed by atoms with Gasteiger partial charge in [-0.15, -0.1) is 11.3 Å². The van der Waals surface area contributed by atoms with Crippen molar-refractivity contribution in [2.45, 2.75) is 26.2 Å². The molecule has 1 fully saturated rings. The Hall–Kier alpha value is -3.04. The average molecular weight is 440 g/mol. The zero-order valence-electron chi connectivity index (χ0n) is 17.4. The van der Waals surface area contributed by atoms with Crippen LogP contribution in [0.2, 0.25) is 0 Å². The van der Waals surface area contributed by atoms with Crippen LogP contribution in [0.3, 0.4) is 0 Å². The lowest BCUT2D eigenvalue weighted by Gasteiger charge is -2.27. The second-order valence-corrected chi connectivity index (χ2v) is 8.51. The Balaban J connectivity index is 1.33. The van der Waals surface area contributed by atoms with Gasteiger partial charge in [-0.05, 0) is 18.9 Å². The number of hydrogen-bond acceptors (Lipinski definition) is 7. The molecule has 0 atom stereocenters. The fourth-order valence-electron chi connectivity index (χ4n) is 3.48. The van der Waals surface area contributed by atoms with Crippen molar-refractivity contribution in [3.8, 4) is 0 Å². The number of aromatic nitrogens is 3. The standard InChI is InChI=1S/C22H25N5O3S/c1-15-18(20(29)26-21(24-15)27-9-11-30-12-10-27)7-8-19(28)25-22-23-14-17(31-22)13-16-5-3-2-4-6-16/h2-6,14H,7-13H2,1H3,(H,23,25,28)(H,24,26,29). The Morgan fingerprint density at radius 2 is 2.03 bits per heavy atom. The van der Waals surface area contributed by atoms with E-state index in [-0.39, 0.29) is 17.9 Å². The van der Waals surface area contributed by atoms with Gasteiger partial charge >= 0.3 is 0 Å². The highest BCUT2D eigenvalue weighted by Crippen LogP contribution is 2.21. The molecule has 1 aromatic carbocycles. The van der Waals surface area contributed by atoms with Crippen molar-refractivity contribution in [1.82, 2.24) is 15.0 Å². The Morgan fingerprint density at radius 3 is 2.77 bits per heavy atom. The van der Waals surface area contributed by atoms with Gasteiger partial charge in [-0.1, -0.05) is 30.3 Å². The van der Waals surface area contributed by atoms with Crippen molar-refractivity contribution in [1.29, 1.82) is 0 Å². The lowest BCUT2D eigenvalue weighted by atomic mass is 10.1. The second kappa shape index (κ2) is 9.84. The van der Waals surface area contributed by atoms with Gasteiger partial charge in [0.05, 0.1) is 13.2 Å². The van der Waals surface area contributed by atoms with E-state index in [0.717, 1.165) is 11.3 Å². The Labute approximate surface area is 184 Å². The van der Waals surface area contributed by atoms with Crippen molar-refractivity contribution in [2.75, 3.05) is 36.5 Å². The van der Waals surface area contributed by atoms with E-state index < -0.39 is 0 Å². The van der Waals surface area contributed by atoms with Crippen molar-refractivity contribution < 1.29 is 9.53 Å². The fourth-order valence-corrected chi connectivity index (χ4v) is 4.34. The third-order valence-electron chi connectivity index (χ3n) is 5.14. The molecular weight excluding hydrogens is 414 g/mol. The summed E-state index contributed by atoms with van der Waals surface area (Å²) in [6, 6.07) is 10.1. The summed E-state index contributed by atoms with van der Waals surface area (Å²) in [4.78, 5) is 39.7. The maximum absolute atomic E-state index is 12.6. The van der Waals surface area contributed by atoms with E-state index in [2.05, 4.69) is 32.4 Å². The molecule has 0 radical (unpaired) electrons. The number of anilines is 2. The molecule has 3 heterocycles. The van der Waals surface area contributed by atoms with Gasteiger partial charge in [0.25, 0.3) is 5.56 Å². The summed E-state index contributed by atoms with van der Waals surface area (Å²) in [6.07, 6.45) is 3.09. The van der Waals surface area contributed by atoms with Crippen LogP contribution in [0.5, 0.6) is 0 Å². The smallest absolute Gasteiger partial charge is 0.255 e. The molecule has 1 saturated heterocycles. The van der Waals surface area contributed by atoms with Crippen LogP contribution in [-0.2, 0) is 22.4 Å². The molecule has 0 aliphatic carbocycles. The predicted molar refractivity (Wildman–Crippen MR) is 121 cm³/mol. The summed E-state index contributed by atoms with van der Waals surface area (Å²) < 4.78 is 5.34. The number of ether oxygens (including phenoxy) is 1. The van der Waals surface area contributed by atoms with Gasteiger partial charge in [-0.3, -0.25) is 14.6 Å². The van der Waals surface area contributed by atoms with Crippen LogP contribution in [0.15, 0.2) is 41.3 Å². The highest BCUT2D eigenvalue weighted by atomic mass is 32.1. The quantitative estimate of drug-likeness (QED) is 0.587. The highest BCUT2D eigenvalue weighted by Gasteiger charge is 2.17. The van der Waals surface area contributed by atoms with Gasteiger partial charge in [0.15, 0.2) is 5.13 Å². The SMILES string of the molecule is Cc1nc(N2CCOCC2)[nH]c(=O)c1CCC(=O)Nc1ncc(Cc2ccccc2)s1. The van der Waals surface area contributed by atoms with Gasteiger partial charge in [-0.25, -0.2) is 9.97 Å². The number of morpholine rings is 1. The molecule has 1 aliphatic heterocycles. The van der Waals surface area contributed by atoms with E-state index in [1.54, 1.807) is 6.20 Å². The minimum Gasteiger partial charge on any atom is -0.378 e. The maximum Gasteiger partial charge on any atom is 0.255 e. The number of hydrogen-bond donors (Lipinski definition) is 2. The lowest BCUT2D eigenvalue weighted by molar-refractivity contribution is -0.116. The monoisotopic (exact) mass is 439 g/mol. The third kappa shape index (κ3) is 5.56. The van der Waals surface area contributed by atoms with E-state index in [1.807, 2.05) is 30.0 Å². The topological polar surface area (TPSA) is 100 Å². The van der Waals surface area contributed by atoms with Gasteiger partial charge in [0.2, 0.25) is 11.9 Å². The second-order valence-electron chi connectivity index (χ2n) is 7.40. The molecule has 31 heavy (non-hydrogen) atoms. The number of aromatic amines is 1. The summed E-state index contributed by atoms with van der Waals surface area (Å²) in [5, 5.41) is 3.41. The minimum atomic E-state index is -0.193. The first-order chi connectivity index (χ1) is 15.1. The van der Waals surface area contributed by atoms with Crippen LogP contribution < -0.4 is 15.8 Å². The van der Waals surface area contributed by atoms with E-state index >= 15 is 0 Å². The number of amides is 1. The van der Waals surface area contributed by atoms with Crippen LogP contribution >= 0.6 is 11.3 Å². The summed E-state index contributed by atoms with van der Waals surface area (Å²) >= 11 is 1.46. The molecule has 9 heteroatoms. The fraction of sp³-hybridized carbons (Fsp3) is 0.364. The van der Waals surface area contributed by atoms with Gasteiger partial charge in [0.1, 0.15) is 0 Å². The molecule has 0 saturated carbocycles.